The first-order chi connectivity index (χ1) is 9.97. The first kappa shape index (κ1) is 14.7. The van der Waals surface area contributed by atoms with Gasteiger partial charge in [-0.1, -0.05) is 0 Å². The van der Waals surface area contributed by atoms with Crippen LogP contribution in [0.25, 0.3) is 11.1 Å². The molecule has 0 saturated carbocycles. The molecule has 3 nitrogen and oxygen atoms in total. The molecule has 0 amide bonds. The molecule has 3 rings (SSSR count). The second-order valence-electron chi connectivity index (χ2n) is 4.39. The van der Waals surface area contributed by atoms with Crippen LogP contribution >= 0.6 is 38.5 Å². The Balaban J connectivity index is 2.19. The third kappa shape index (κ3) is 2.64. The summed E-state index contributed by atoms with van der Waals surface area (Å²) in [6.45, 7) is -0.233. The van der Waals surface area contributed by atoms with Crippen LogP contribution in [-0.2, 0) is 6.54 Å². The molecule has 0 atom stereocenters. The number of hydrogen-bond donors (Lipinski definition) is 0. The lowest BCUT2D eigenvalue weighted by Gasteiger charge is -2.07. The largest absolute Gasteiger partial charge is 0.420 e. The minimum Gasteiger partial charge on any atom is -0.408 e. The van der Waals surface area contributed by atoms with Gasteiger partial charge in [-0.15, -0.1) is 0 Å². The summed E-state index contributed by atoms with van der Waals surface area (Å²) in [6.07, 6.45) is 0. The molecule has 21 heavy (non-hydrogen) atoms. The van der Waals surface area contributed by atoms with Gasteiger partial charge in [0.25, 0.3) is 0 Å². The molecule has 3 aromatic rings. The smallest absolute Gasteiger partial charge is 0.408 e. The zero-order valence-electron chi connectivity index (χ0n) is 10.4. The first-order valence-electron chi connectivity index (χ1n) is 5.88. The van der Waals surface area contributed by atoms with Gasteiger partial charge in [-0.05, 0) is 68.9 Å². The molecule has 108 valence electrons. The van der Waals surface area contributed by atoms with E-state index in [1.165, 1.54) is 10.6 Å². The summed E-state index contributed by atoms with van der Waals surface area (Å²) in [7, 11) is 0. The molecule has 0 saturated heterocycles. The number of aromatic nitrogens is 1. The fourth-order valence-corrected chi connectivity index (χ4v) is 2.90. The molecule has 0 radical (unpaired) electrons. The quantitative estimate of drug-likeness (QED) is 0.418. The Morgan fingerprint density at radius 3 is 2.76 bits per heavy atom. The molecular weight excluding hydrogens is 459 g/mol. The normalized spacial score (nSPS) is 11.2. The molecular formula is C14H7BrF2INO2. The van der Waals surface area contributed by atoms with Crippen molar-refractivity contribution in [2.24, 2.45) is 0 Å². The molecule has 0 spiro atoms. The van der Waals surface area contributed by atoms with Crippen molar-refractivity contribution in [3.8, 4) is 0 Å². The van der Waals surface area contributed by atoms with Gasteiger partial charge in [0.15, 0.2) is 5.58 Å². The van der Waals surface area contributed by atoms with E-state index in [9.17, 15) is 13.6 Å². The Kier molecular flexibility index (Phi) is 3.87. The fourth-order valence-electron chi connectivity index (χ4n) is 2.06. The van der Waals surface area contributed by atoms with E-state index in [1.807, 2.05) is 0 Å². The van der Waals surface area contributed by atoms with E-state index in [1.54, 1.807) is 18.2 Å². The lowest BCUT2D eigenvalue weighted by Crippen LogP contribution is -2.16. The first-order valence-corrected chi connectivity index (χ1v) is 7.76. The van der Waals surface area contributed by atoms with E-state index in [2.05, 4.69) is 38.5 Å². The number of fused-ring (bicyclic) bond motifs is 1. The highest BCUT2D eigenvalue weighted by atomic mass is 127. The topological polar surface area (TPSA) is 35.1 Å². The second kappa shape index (κ2) is 5.53. The number of hydrogen-bond acceptors (Lipinski definition) is 2. The maximum atomic E-state index is 14.0. The summed E-state index contributed by atoms with van der Waals surface area (Å²) in [4.78, 5) is 11.9. The average molecular weight is 466 g/mol. The molecule has 2 aromatic carbocycles. The zero-order chi connectivity index (χ0) is 15.1. The van der Waals surface area contributed by atoms with Crippen molar-refractivity contribution in [3.63, 3.8) is 0 Å². The van der Waals surface area contributed by atoms with Gasteiger partial charge in [0.2, 0.25) is 0 Å². The molecule has 1 aromatic heterocycles. The summed E-state index contributed by atoms with van der Waals surface area (Å²) in [5, 5.41) is 0. The van der Waals surface area contributed by atoms with Crippen LogP contribution in [0.5, 0.6) is 0 Å². The molecule has 0 bridgehead atoms. The molecule has 0 N–H and O–H groups in total. The SMILES string of the molecule is O=c1oc2ccc(I)cc2n1Cc1c(F)ccc(Br)c1F. The number of nitrogens with zero attached hydrogens (tertiary/aromatic N) is 1. The van der Waals surface area contributed by atoms with Gasteiger partial charge in [-0.2, -0.15) is 0 Å². The Labute approximate surface area is 139 Å². The number of rotatable bonds is 2. The monoisotopic (exact) mass is 465 g/mol. The van der Waals surface area contributed by atoms with Crippen LogP contribution < -0.4 is 5.76 Å². The minimum absolute atomic E-state index is 0.148. The van der Waals surface area contributed by atoms with Gasteiger partial charge < -0.3 is 4.42 Å². The van der Waals surface area contributed by atoms with Crippen LogP contribution in [0.1, 0.15) is 5.56 Å². The van der Waals surface area contributed by atoms with E-state index < -0.39 is 17.4 Å². The highest BCUT2D eigenvalue weighted by molar-refractivity contribution is 14.1. The van der Waals surface area contributed by atoms with E-state index in [-0.39, 0.29) is 16.6 Å². The highest BCUT2D eigenvalue weighted by Crippen LogP contribution is 2.24. The molecule has 0 aliphatic carbocycles. The van der Waals surface area contributed by atoms with E-state index in [4.69, 9.17) is 4.42 Å². The van der Waals surface area contributed by atoms with Gasteiger partial charge in [0.05, 0.1) is 16.5 Å². The summed E-state index contributed by atoms with van der Waals surface area (Å²) in [6, 6.07) is 7.61. The van der Waals surface area contributed by atoms with Crippen LogP contribution in [0.15, 0.2) is 44.0 Å². The maximum Gasteiger partial charge on any atom is 0.420 e. The van der Waals surface area contributed by atoms with Crippen molar-refractivity contribution >= 4 is 49.6 Å². The van der Waals surface area contributed by atoms with Crippen LogP contribution in [-0.4, -0.2) is 4.57 Å². The van der Waals surface area contributed by atoms with Crippen LogP contribution in [0.3, 0.4) is 0 Å². The molecule has 0 aliphatic heterocycles. The van der Waals surface area contributed by atoms with Crippen LogP contribution in [0.4, 0.5) is 8.78 Å². The predicted octanol–water partition coefficient (Wildman–Crippen LogP) is 4.29. The molecule has 0 unspecified atom stereocenters. The average Bonchev–Trinajstić information content (AvgIpc) is 2.75. The van der Waals surface area contributed by atoms with Crippen molar-refractivity contribution in [2.45, 2.75) is 6.54 Å². The van der Waals surface area contributed by atoms with Gasteiger partial charge in [-0.25, -0.2) is 13.6 Å². The van der Waals surface area contributed by atoms with E-state index in [0.29, 0.717) is 11.1 Å². The Morgan fingerprint density at radius 1 is 1.24 bits per heavy atom. The van der Waals surface area contributed by atoms with Crippen LogP contribution in [0, 0.1) is 15.2 Å². The lowest BCUT2D eigenvalue weighted by molar-refractivity contribution is 0.498. The third-order valence-corrected chi connectivity index (χ3v) is 4.37. The standard InChI is InChI=1S/C14H7BrF2INO2/c15-9-2-3-10(16)8(13(9)17)6-19-11-5-7(18)1-4-12(11)21-14(19)20/h1-5H,6H2. The molecule has 0 fully saturated rings. The van der Waals surface area contributed by atoms with Crippen molar-refractivity contribution in [1.82, 2.24) is 4.57 Å². The van der Waals surface area contributed by atoms with Crippen LogP contribution in [0.2, 0.25) is 0 Å². The number of halogens is 4. The fraction of sp³-hybridized carbons (Fsp3) is 0.0714. The molecule has 7 heteroatoms. The third-order valence-electron chi connectivity index (χ3n) is 3.08. The molecule has 0 aliphatic rings. The van der Waals surface area contributed by atoms with Gasteiger partial charge in [0.1, 0.15) is 11.6 Å². The minimum atomic E-state index is -0.720. The summed E-state index contributed by atoms with van der Waals surface area (Å²) in [5.74, 6) is -2.07. The Hall–Kier alpha value is -1.22. The lowest BCUT2D eigenvalue weighted by atomic mass is 10.2. The Bertz CT molecular complexity index is 904. The second-order valence-corrected chi connectivity index (χ2v) is 6.49. The maximum absolute atomic E-state index is 14.0. The Morgan fingerprint density at radius 2 is 2.00 bits per heavy atom. The predicted molar refractivity (Wildman–Crippen MR) is 86.4 cm³/mol. The summed E-state index contributed by atoms with van der Waals surface area (Å²) in [5.41, 5.74) is 0.704. The van der Waals surface area contributed by atoms with Crippen molar-refractivity contribution in [3.05, 3.63) is 66.1 Å². The summed E-state index contributed by atoms with van der Waals surface area (Å²) >= 11 is 5.10. The van der Waals surface area contributed by atoms with Gasteiger partial charge in [0, 0.05) is 9.13 Å². The molecule has 1 heterocycles. The highest BCUT2D eigenvalue weighted by Gasteiger charge is 2.17. The number of benzene rings is 2. The number of oxazole rings is 1. The van der Waals surface area contributed by atoms with Gasteiger partial charge in [-0.3, -0.25) is 4.57 Å². The van der Waals surface area contributed by atoms with E-state index in [0.717, 1.165) is 9.64 Å². The van der Waals surface area contributed by atoms with Crippen molar-refractivity contribution < 1.29 is 13.2 Å². The van der Waals surface area contributed by atoms with Gasteiger partial charge >= 0.3 is 5.76 Å². The van der Waals surface area contributed by atoms with E-state index >= 15 is 0 Å². The zero-order valence-corrected chi connectivity index (χ0v) is 14.1. The summed E-state index contributed by atoms with van der Waals surface area (Å²) < 4.78 is 35.2. The van der Waals surface area contributed by atoms with Crippen molar-refractivity contribution in [2.75, 3.05) is 0 Å². The van der Waals surface area contributed by atoms with Crippen molar-refractivity contribution in [1.29, 1.82) is 0 Å².